The van der Waals surface area contributed by atoms with E-state index in [2.05, 4.69) is 11.8 Å². The minimum atomic E-state index is -0.785. The minimum absolute atomic E-state index is 0.0348. The van der Waals surface area contributed by atoms with E-state index >= 15 is 0 Å². The van der Waals surface area contributed by atoms with E-state index in [0.717, 1.165) is 36.5 Å². The van der Waals surface area contributed by atoms with Gasteiger partial charge in [-0.25, -0.2) is 0 Å². The van der Waals surface area contributed by atoms with Gasteiger partial charge < -0.3 is 15.7 Å². The summed E-state index contributed by atoms with van der Waals surface area (Å²) in [4.78, 5) is 38.6. The predicted molar refractivity (Wildman–Crippen MR) is 150 cm³/mol. The molecule has 4 rings (SSSR count). The molecular weight excluding hydrogens is 486 g/mol. The second kappa shape index (κ2) is 12.9. The Labute approximate surface area is 222 Å². The molecule has 8 nitrogen and oxygen atoms in total. The lowest BCUT2D eigenvalue weighted by atomic mass is 9.92. The van der Waals surface area contributed by atoms with Gasteiger partial charge in [0.2, 0.25) is 0 Å². The molecule has 1 aliphatic carbocycles. The number of aliphatic carboxylic acids is 1. The van der Waals surface area contributed by atoms with E-state index in [-0.39, 0.29) is 24.4 Å². The minimum Gasteiger partial charge on any atom is -0.481 e. The number of amides is 1. The molecule has 3 atom stereocenters. The fourth-order valence-corrected chi connectivity index (χ4v) is 5.50. The van der Waals surface area contributed by atoms with Crippen LogP contribution in [0.25, 0.3) is 0 Å². The van der Waals surface area contributed by atoms with E-state index in [9.17, 15) is 9.59 Å². The van der Waals surface area contributed by atoms with Gasteiger partial charge in [-0.2, -0.15) is 0 Å². The smallest absolute Gasteiger partial charge is 0.303 e. The first-order valence-electron chi connectivity index (χ1n) is 12.8. The van der Waals surface area contributed by atoms with E-state index in [1.165, 1.54) is 0 Å². The first kappa shape index (κ1) is 26.9. The summed E-state index contributed by atoms with van der Waals surface area (Å²) in [7, 11) is 0. The first-order valence-corrected chi connectivity index (χ1v) is 13.8. The molecule has 1 fully saturated rings. The van der Waals surface area contributed by atoms with Crippen molar-refractivity contribution < 1.29 is 14.7 Å². The summed E-state index contributed by atoms with van der Waals surface area (Å²) in [6, 6.07) is 9.59. The number of nitrogens with two attached hydrogens (primary N) is 1. The van der Waals surface area contributed by atoms with Gasteiger partial charge in [0.05, 0.1) is 28.9 Å². The maximum Gasteiger partial charge on any atom is 0.303 e. The number of thioether (sulfide) groups is 1. The summed E-state index contributed by atoms with van der Waals surface area (Å²) in [5.74, 6) is -0.750. The monoisotopic (exact) mass is 521 g/mol. The zero-order chi connectivity index (χ0) is 26.2. The third-order valence-corrected chi connectivity index (χ3v) is 7.85. The van der Waals surface area contributed by atoms with Gasteiger partial charge in [-0.15, -0.1) is 11.8 Å². The Morgan fingerprint density at radius 2 is 1.89 bits per heavy atom. The topological polar surface area (TPSA) is 112 Å². The van der Waals surface area contributed by atoms with Crippen molar-refractivity contribution in [2.24, 2.45) is 15.7 Å². The number of piperazine rings is 1. The molecule has 3 unspecified atom stereocenters. The molecule has 2 aliphatic heterocycles. The molecule has 0 aromatic heterocycles. The van der Waals surface area contributed by atoms with Crippen LogP contribution in [-0.2, 0) is 9.59 Å². The fourth-order valence-electron chi connectivity index (χ4n) is 4.80. The molecule has 0 radical (unpaired) electrons. The Balaban J connectivity index is 1.45. The van der Waals surface area contributed by atoms with Crippen molar-refractivity contribution in [2.75, 3.05) is 26.2 Å². The number of hydrogen-bond acceptors (Lipinski definition) is 7. The third-order valence-electron chi connectivity index (χ3n) is 6.85. The van der Waals surface area contributed by atoms with Gasteiger partial charge in [0.15, 0.2) is 0 Å². The normalized spacial score (nSPS) is 22.7. The number of unbranched alkanes of at least 4 members (excludes halogenated alkanes) is 1. The quantitative estimate of drug-likeness (QED) is 0.456. The summed E-state index contributed by atoms with van der Waals surface area (Å²) >= 11 is 1.68. The highest BCUT2D eigenvalue weighted by Crippen LogP contribution is 2.26. The molecule has 9 heteroatoms. The van der Waals surface area contributed by atoms with Crippen LogP contribution in [0.5, 0.6) is 0 Å². The number of nitrogens with zero attached hydrogens (tertiary/aromatic N) is 4. The van der Waals surface area contributed by atoms with Crippen molar-refractivity contribution in [1.29, 1.82) is 0 Å². The molecule has 0 saturated carbocycles. The number of fused-ring (bicyclic) bond motifs is 1. The Kier molecular flexibility index (Phi) is 9.35. The number of carboxylic acids is 1. The highest BCUT2D eigenvalue weighted by Gasteiger charge is 2.31. The molecule has 3 aliphatic rings. The molecule has 2 heterocycles. The first-order chi connectivity index (χ1) is 18.0. The van der Waals surface area contributed by atoms with Crippen molar-refractivity contribution in [3.63, 3.8) is 0 Å². The number of hydrogen-bond donors (Lipinski definition) is 2. The Morgan fingerprint density at radius 3 is 2.59 bits per heavy atom. The van der Waals surface area contributed by atoms with Crippen molar-refractivity contribution in [3.8, 4) is 0 Å². The van der Waals surface area contributed by atoms with Gasteiger partial charge in [0, 0.05) is 49.9 Å². The zero-order valence-electron chi connectivity index (χ0n) is 21.2. The SMILES string of the molecule is CC(S/C=C\N)N1CCN(C(=O)C2=CC3N=C(CCCCC(=O)O)C(c4ccccc4)=NC3C=C2)CC1. The maximum absolute atomic E-state index is 13.3. The van der Waals surface area contributed by atoms with Crippen LogP contribution in [0.3, 0.4) is 0 Å². The van der Waals surface area contributed by atoms with Crippen LogP contribution in [0.2, 0.25) is 0 Å². The summed E-state index contributed by atoms with van der Waals surface area (Å²) < 4.78 is 0. The van der Waals surface area contributed by atoms with Gasteiger partial charge in [-0.1, -0.05) is 42.5 Å². The van der Waals surface area contributed by atoms with E-state index in [4.69, 9.17) is 20.8 Å². The van der Waals surface area contributed by atoms with Crippen LogP contribution >= 0.6 is 11.8 Å². The van der Waals surface area contributed by atoms with Gasteiger partial charge >= 0.3 is 5.97 Å². The highest BCUT2D eigenvalue weighted by atomic mass is 32.2. The average Bonchev–Trinajstić information content (AvgIpc) is 2.93. The highest BCUT2D eigenvalue weighted by molar-refractivity contribution is 8.02. The van der Waals surface area contributed by atoms with Crippen LogP contribution in [0.4, 0.5) is 0 Å². The summed E-state index contributed by atoms with van der Waals surface area (Å²) in [6.07, 6.45) is 9.50. The molecule has 37 heavy (non-hydrogen) atoms. The van der Waals surface area contributed by atoms with Crippen LogP contribution < -0.4 is 5.73 Å². The summed E-state index contributed by atoms with van der Waals surface area (Å²) in [5.41, 5.74) is 8.86. The summed E-state index contributed by atoms with van der Waals surface area (Å²) in [5, 5.41) is 11.2. The van der Waals surface area contributed by atoms with Gasteiger partial charge in [0.25, 0.3) is 5.91 Å². The number of rotatable bonds is 10. The molecule has 0 spiro atoms. The Hall–Kier alpha value is -3.17. The number of aliphatic imine (C=N–C) groups is 2. The second-order valence-corrected chi connectivity index (χ2v) is 10.6. The van der Waals surface area contributed by atoms with Crippen molar-refractivity contribution in [3.05, 3.63) is 71.3 Å². The van der Waals surface area contributed by atoms with Crippen molar-refractivity contribution in [1.82, 2.24) is 9.80 Å². The van der Waals surface area contributed by atoms with Crippen LogP contribution in [0.15, 0.2) is 75.7 Å². The fraction of sp³-hybridized carbons (Fsp3) is 0.429. The van der Waals surface area contributed by atoms with Crippen LogP contribution in [0.1, 0.15) is 38.2 Å². The molecular formula is C28H35N5O3S. The number of benzene rings is 1. The predicted octanol–water partition coefficient (Wildman–Crippen LogP) is 3.46. The van der Waals surface area contributed by atoms with Crippen LogP contribution in [0, 0.1) is 0 Å². The molecule has 1 saturated heterocycles. The number of carbonyl (C=O) groups excluding carboxylic acids is 1. The second-order valence-electron chi connectivity index (χ2n) is 9.37. The van der Waals surface area contributed by atoms with Gasteiger partial charge in [-0.3, -0.25) is 24.5 Å². The third kappa shape index (κ3) is 6.99. The largest absolute Gasteiger partial charge is 0.481 e. The standard InChI is InChI=1S/C28H35N5O3S/c1-20(37-18-13-29)32-14-16-33(17-15-32)28(36)22-11-12-23-25(19-22)30-24(9-5-6-10-26(34)35)27(31-23)21-7-3-2-4-8-21/h2-4,7-8,11-13,18-20,23,25H,5-6,9-10,14-17,29H2,1H3,(H,34,35)/b18-13-. The van der Waals surface area contributed by atoms with Gasteiger partial charge in [-0.05, 0) is 37.7 Å². The maximum atomic E-state index is 13.3. The Morgan fingerprint density at radius 1 is 1.14 bits per heavy atom. The van der Waals surface area contributed by atoms with Crippen molar-refractivity contribution in [2.45, 2.75) is 50.1 Å². The molecule has 1 aromatic rings. The summed E-state index contributed by atoms with van der Waals surface area (Å²) in [6.45, 7) is 5.17. The molecule has 196 valence electrons. The molecule has 3 N–H and O–H groups in total. The lowest BCUT2D eigenvalue weighted by molar-refractivity contribution is -0.137. The van der Waals surface area contributed by atoms with Gasteiger partial charge in [0.1, 0.15) is 0 Å². The van der Waals surface area contributed by atoms with Crippen LogP contribution in [-0.4, -0.2) is 81.8 Å². The van der Waals surface area contributed by atoms with Crippen molar-refractivity contribution >= 4 is 35.1 Å². The molecule has 0 bridgehead atoms. The molecule has 1 aromatic carbocycles. The lowest BCUT2D eigenvalue weighted by Crippen LogP contribution is -2.51. The number of carboxylic acid groups (broad SMARTS) is 1. The molecule has 1 amide bonds. The van der Waals surface area contributed by atoms with E-state index in [0.29, 0.717) is 36.9 Å². The Bertz CT molecular complexity index is 1120. The average molecular weight is 522 g/mol. The van der Waals surface area contributed by atoms with E-state index < -0.39 is 5.97 Å². The lowest BCUT2D eigenvalue weighted by Gasteiger charge is -2.38. The van der Waals surface area contributed by atoms with E-state index in [1.807, 2.05) is 58.9 Å². The zero-order valence-corrected chi connectivity index (χ0v) is 22.0. The van der Waals surface area contributed by atoms with E-state index in [1.54, 1.807) is 18.0 Å². The number of carbonyl (C=O) groups is 2.